The molecule has 0 saturated heterocycles. The third kappa shape index (κ3) is 4.85. The monoisotopic (exact) mass is 443 g/mol. The number of para-hydroxylation sites is 1. The highest BCUT2D eigenvalue weighted by Crippen LogP contribution is 2.30. The molecule has 4 aromatic rings. The zero-order valence-corrected chi connectivity index (χ0v) is 18.8. The standard InChI is InChI=1S/C25H25N5O3/c1-4-19-15-23(31)28-25(26-19)30-22(13-16(3)29-30)27-24(32)18-10-8-9-17(14-18)20-11-6-7-12-21(20)33-5-2/h6-15H,4-5H2,1-3H3,(H,27,32)(H,26,28,31). The maximum Gasteiger partial charge on any atom is 0.256 e. The number of H-pyrrole nitrogens is 1. The number of nitrogens with zero attached hydrogens (tertiary/aromatic N) is 3. The first-order valence-electron chi connectivity index (χ1n) is 10.8. The van der Waals surface area contributed by atoms with Crippen LogP contribution in [-0.2, 0) is 6.42 Å². The predicted molar refractivity (Wildman–Crippen MR) is 127 cm³/mol. The van der Waals surface area contributed by atoms with Crippen molar-refractivity contribution in [3.05, 3.63) is 88.0 Å². The lowest BCUT2D eigenvalue weighted by molar-refractivity contribution is 0.102. The Morgan fingerprint density at radius 2 is 1.91 bits per heavy atom. The second-order valence-electron chi connectivity index (χ2n) is 7.46. The number of rotatable bonds is 7. The van der Waals surface area contributed by atoms with Gasteiger partial charge < -0.3 is 10.1 Å². The summed E-state index contributed by atoms with van der Waals surface area (Å²) < 4.78 is 7.17. The zero-order valence-electron chi connectivity index (χ0n) is 18.8. The normalized spacial score (nSPS) is 10.8. The Morgan fingerprint density at radius 3 is 2.70 bits per heavy atom. The van der Waals surface area contributed by atoms with Crippen molar-refractivity contribution in [1.29, 1.82) is 0 Å². The lowest BCUT2D eigenvalue weighted by Crippen LogP contribution is -2.19. The van der Waals surface area contributed by atoms with Gasteiger partial charge in [0.05, 0.1) is 12.3 Å². The van der Waals surface area contributed by atoms with Gasteiger partial charge in [-0.05, 0) is 44.0 Å². The Hall–Kier alpha value is -4.20. The van der Waals surface area contributed by atoms with E-state index in [4.69, 9.17) is 4.74 Å². The van der Waals surface area contributed by atoms with Crippen LogP contribution in [0.2, 0.25) is 0 Å². The molecule has 0 saturated carbocycles. The van der Waals surface area contributed by atoms with E-state index in [1.165, 1.54) is 10.7 Å². The molecule has 2 heterocycles. The summed E-state index contributed by atoms with van der Waals surface area (Å²) >= 11 is 0. The smallest absolute Gasteiger partial charge is 0.256 e. The van der Waals surface area contributed by atoms with Crippen LogP contribution in [0.5, 0.6) is 5.75 Å². The van der Waals surface area contributed by atoms with Gasteiger partial charge in [0.1, 0.15) is 11.6 Å². The van der Waals surface area contributed by atoms with E-state index in [0.29, 0.717) is 35.8 Å². The van der Waals surface area contributed by atoms with Gasteiger partial charge in [-0.25, -0.2) is 4.98 Å². The van der Waals surface area contributed by atoms with Gasteiger partial charge in [0.2, 0.25) is 5.95 Å². The summed E-state index contributed by atoms with van der Waals surface area (Å²) in [6.07, 6.45) is 0.606. The Balaban J connectivity index is 1.65. The summed E-state index contributed by atoms with van der Waals surface area (Å²) in [6, 6.07) is 18.2. The highest BCUT2D eigenvalue weighted by molar-refractivity contribution is 6.04. The van der Waals surface area contributed by atoms with Crippen LogP contribution in [0.15, 0.2) is 65.5 Å². The van der Waals surface area contributed by atoms with Crippen molar-refractivity contribution in [2.75, 3.05) is 11.9 Å². The Kier molecular flexibility index (Phi) is 6.35. The number of aromatic amines is 1. The predicted octanol–water partition coefficient (Wildman–Crippen LogP) is 4.14. The number of nitrogens with one attached hydrogen (secondary N) is 2. The van der Waals surface area contributed by atoms with E-state index < -0.39 is 0 Å². The average molecular weight is 444 g/mol. The molecule has 0 radical (unpaired) electrons. The summed E-state index contributed by atoms with van der Waals surface area (Å²) in [6.45, 7) is 6.21. The van der Waals surface area contributed by atoms with E-state index in [1.54, 1.807) is 19.1 Å². The third-order valence-corrected chi connectivity index (χ3v) is 5.04. The number of carbonyl (C=O) groups excluding carboxylic acids is 1. The maximum atomic E-state index is 13.1. The van der Waals surface area contributed by atoms with E-state index in [1.807, 2.05) is 56.3 Å². The van der Waals surface area contributed by atoms with Crippen LogP contribution in [0, 0.1) is 6.92 Å². The van der Waals surface area contributed by atoms with E-state index in [-0.39, 0.29) is 17.4 Å². The molecule has 4 rings (SSSR count). The molecule has 0 bridgehead atoms. The maximum absolute atomic E-state index is 13.1. The van der Waals surface area contributed by atoms with E-state index in [9.17, 15) is 9.59 Å². The number of amides is 1. The summed E-state index contributed by atoms with van der Waals surface area (Å²) in [5, 5.41) is 7.28. The van der Waals surface area contributed by atoms with Crippen LogP contribution < -0.4 is 15.6 Å². The number of benzene rings is 2. The van der Waals surface area contributed by atoms with Crippen LogP contribution >= 0.6 is 0 Å². The zero-order chi connectivity index (χ0) is 23.4. The molecule has 0 spiro atoms. The lowest BCUT2D eigenvalue weighted by Gasteiger charge is -2.12. The fourth-order valence-electron chi connectivity index (χ4n) is 3.53. The SMILES string of the molecule is CCOc1ccccc1-c1cccc(C(=O)Nc2cc(C)nn2-c2nc(CC)cc(=O)[nH]2)c1. The van der Waals surface area contributed by atoms with Crippen molar-refractivity contribution in [2.45, 2.75) is 27.2 Å². The number of ether oxygens (including phenoxy) is 1. The molecule has 8 heteroatoms. The molecule has 0 atom stereocenters. The third-order valence-electron chi connectivity index (χ3n) is 5.04. The fourth-order valence-corrected chi connectivity index (χ4v) is 3.53. The molecule has 0 unspecified atom stereocenters. The minimum Gasteiger partial charge on any atom is -0.493 e. The van der Waals surface area contributed by atoms with Crippen LogP contribution in [0.3, 0.4) is 0 Å². The van der Waals surface area contributed by atoms with Gasteiger partial charge in [0.25, 0.3) is 11.5 Å². The first-order chi connectivity index (χ1) is 16.0. The minimum absolute atomic E-state index is 0.252. The number of aromatic nitrogens is 4. The summed E-state index contributed by atoms with van der Waals surface area (Å²) in [4.78, 5) is 32.3. The van der Waals surface area contributed by atoms with Crippen LogP contribution in [0.25, 0.3) is 17.1 Å². The van der Waals surface area contributed by atoms with Crippen molar-refractivity contribution >= 4 is 11.7 Å². The summed E-state index contributed by atoms with van der Waals surface area (Å²) in [5.74, 6) is 1.12. The van der Waals surface area contributed by atoms with Gasteiger partial charge in [-0.3, -0.25) is 14.6 Å². The molecule has 33 heavy (non-hydrogen) atoms. The molecule has 0 aliphatic rings. The molecule has 0 aliphatic heterocycles. The number of hydrogen-bond acceptors (Lipinski definition) is 5. The number of hydrogen-bond donors (Lipinski definition) is 2. The van der Waals surface area contributed by atoms with Crippen LogP contribution in [0.1, 0.15) is 35.6 Å². The molecular formula is C25H25N5O3. The first kappa shape index (κ1) is 22.0. The largest absolute Gasteiger partial charge is 0.493 e. The van der Waals surface area contributed by atoms with Crippen LogP contribution in [-0.4, -0.2) is 32.3 Å². The minimum atomic E-state index is -0.305. The van der Waals surface area contributed by atoms with Crippen LogP contribution in [0.4, 0.5) is 5.82 Å². The first-order valence-corrected chi connectivity index (χ1v) is 10.8. The van der Waals surface area contributed by atoms with Gasteiger partial charge in [0.15, 0.2) is 0 Å². The molecule has 0 fully saturated rings. The number of aryl methyl sites for hydroxylation is 2. The van der Waals surface area contributed by atoms with Gasteiger partial charge >= 0.3 is 0 Å². The van der Waals surface area contributed by atoms with E-state index in [0.717, 1.165) is 16.9 Å². The molecule has 2 aromatic heterocycles. The van der Waals surface area contributed by atoms with E-state index >= 15 is 0 Å². The Bertz CT molecular complexity index is 1360. The molecule has 2 aromatic carbocycles. The van der Waals surface area contributed by atoms with Crippen molar-refractivity contribution in [3.8, 4) is 22.8 Å². The average Bonchev–Trinajstić information content (AvgIpc) is 3.19. The Labute approximate surface area is 191 Å². The van der Waals surface area contributed by atoms with E-state index in [2.05, 4.69) is 20.4 Å². The molecule has 2 N–H and O–H groups in total. The Morgan fingerprint density at radius 1 is 1.09 bits per heavy atom. The molecule has 168 valence electrons. The topological polar surface area (TPSA) is 102 Å². The second-order valence-corrected chi connectivity index (χ2v) is 7.46. The lowest BCUT2D eigenvalue weighted by atomic mass is 10.0. The molecule has 8 nitrogen and oxygen atoms in total. The van der Waals surface area contributed by atoms with Crippen molar-refractivity contribution in [3.63, 3.8) is 0 Å². The second kappa shape index (κ2) is 9.52. The summed E-state index contributed by atoms with van der Waals surface area (Å²) in [7, 11) is 0. The van der Waals surface area contributed by atoms with Gasteiger partial charge in [-0.2, -0.15) is 9.78 Å². The highest BCUT2D eigenvalue weighted by Gasteiger charge is 2.16. The van der Waals surface area contributed by atoms with Crippen molar-refractivity contribution < 1.29 is 9.53 Å². The molecule has 1 amide bonds. The van der Waals surface area contributed by atoms with Crippen molar-refractivity contribution in [2.24, 2.45) is 0 Å². The number of carbonyl (C=O) groups is 1. The molecule has 0 aliphatic carbocycles. The quantitative estimate of drug-likeness (QED) is 0.447. The number of anilines is 1. The molecular weight excluding hydrogens is 418 g/mol. The van der Waals surface area contributed by atoms with Gasteiger partial charge in [-0.1, -0.05) is 37.3 Å². The fraction of sp³-hybridized carbons (Fsp3) is 0.200. The van der Waals surface area contributed by atoms with Gasteiger partial charge in [0, 0.05) is 29.0 Å². The van der Waals surface area contributed by atoms with Crippen molar-refractivity contribution in [1.82, 2.24) is 19.7 Å². The summed E-state index contributed by atoms with van der Waals surface area (Å²) in [5.41, 5.74) is 3.30. The highest BCUT2D eigenvalue weighted by atomic mass is 16.5. The van der Waals surface area contributed by atoms with Gasteiger partial charge in [-0.15, -0.1) is 0 Å².